The molecule has 0 radical (unpaired) electrons. The number of amides is 1. The first kappa shape index (κ1) is 27.1. The highest BCUT2D eigenvalue weighted by Gasteiger charge is 2.27. The fraction of sp³-hybridized carbons (Fsp3) is 0.194. The van der Waals surface area contributed by atoms with Crippen molar-refractivity contribution in [3.8, 4) is 33.6 Å². The van der Waals surface area contributed by atoms with Gasteiger partial charge in [-0.2, -0.15) is 0 Å². The van der Waals surface area contributed by atoms with E-state index in [1.807, 2.05) is 51.9 Å². The number of pyridine rings is 1. The maximum absolute atomic E-state index is 13.7. The Labute approximate surface area is 253 Å². The molecule has 0 unspecified atom stereocenters. The zero-order valence-corrected chi connectivity index (χ0v) is 24.7. The molecule has 0 spiro atoms. The van der Waals surface area contributed by atoms with Crippen LogP contribution in [-0.2, 0) is 11.3 Å². The number of piperidine rings is 1. The summed E-state index contributed by atoms with van der Waals surface area (Å²) in [4.78, 5) is 32.9. The van der Waals surface area contributed by atoms with Gasteiger partial charge in [-0.1, -0.05) is 72.3 Å². The number of carboxylic acids is 1. The number of nitrogens with zero attached hydrogens (tertiary/aromatic N) is 3. The summed E-state index contributed by atoms with van der Waals surface area (Å²) >= 11 is 1.27. The standard InChI is InChI=1S/C36H31N3O3S/c1-23-10-12-24(13-11-23)28-16-14-26-20-27(15-17-29(26)37-28)34-33(25-8-4-2-5-9-25)35-30(21-31(43-35)36(41)42)39(34)22-32(40)38-18-6-3-7-19-38/h2,4-5,8-17,20-21H,3,6-7,18-19,22H2,1H3,(H,41,42). The number of rotatable bonds is 6. The van der Waals surface area contributed by atoms with Crippen molar-refractivity contribution in [2.24, 2.45) is 0 Å². The molecular weight excluding hydrogens is 554 g/mol. The molecule has 0 atom stereocenters. The molecule has 1 fully saturated rings. The van der Waals surface area contributed by atoms with Crippen LogP contribution in [0.1, 0.15) is 34.5 Å². The van der Waals surface area contributed by atoms with Gasteiger partial charge in [-0.05, 0) is 61.6 Å². The van der Waals surface area contributed by atoms with E-state index in [0.717, 1.165) is 87.1 Å². The molecule has 1 aliphatic heterocycles. The van der Waals surface area contributed by atoms with E-state index in [-0.39, 0.29) is 17.3 Å². The second kappa shape index (κ2) is 11.2. The van der Waals surface area contributed by atoms with Gasteiger partial charge in [-0.3, -0.25) is 4.79 Å². The van der Waals surface area contributed by atoms with E-state index in [0.29, 0.717) is 0 Å². The maximum atomic E-state index is 13.7. The van der Waals surface area contributed by atoms with Crippen molar-refractivity contribution in [2.45, 2.75) is 32.7 Å². The topological polar surface area (TPSA) is 75.4 Å². The second-order valence-electron chi connectivity index (χ2n) is 11.2. The van der Waals surface area contributed by atoms with Crippen LogP contribution in [0, 0.1) is 6.92 Å². The van der Waals surface area contributed by atoms with Gasteiger partial charge in [0.1, 0.15) is 11.4 Å². The van der Waals surface area contributed by atoms with E-state index in [1.54, 1.807) is 6.07 Å². The van der Waals surface area contributed by atoms with E-state index >= 15 is 0 Å². The van der Waals surface area contributed by atoms with E-state index in [4.69, 9.17) is 4.98 Å². The lowest BCUT2D eigenvalue weighted by Gasteiger charge is -2.27. The number of carboxylic acid groups (broad SMARTS) is 1. The summed E-state index contributed by atoms with van der Waals surface area (Å²) in [6.45, 7) is 3.75. The predicted molar refractivity (Wildman–Crippen MR) is 174 cm³/mol. The summed E-state index contributed by atoms with van der Waals surface area (Å²) in [5.41, 5.74) is 8.67. The summed E-state index contributed by atoms with van der Waals surface area (Å²) in [5, 5.41) is 10.9. The molecule has 1 saturated heterocycles. The molecule has 0 bridgehead atoms. The highest BCUT2D eigenvalue weighted by Crippen LogP contribution is 2.45. The van der Waals surface area contributed by atoms with Gasteiger partial charge in [-0.15, -0.1) is 11.3 Å². The van der Waals surface area contributed by atoms with E-state index < -0.39 is 5.97 Å². The largest absolute Gasteiger partial charge is 0.477 e. The number of hydrogen-bond donors (Lipinski definition) is 1. The Hall–Kier alpha value is -4.75. The molecule has 6 aromatic rings. The lowest BCUT2D eigenvalue weighted by molar-refractivity contribution is -0.132. The zero-order chi connectivity index (χ0) is 29.5. The third-order valence-corrected chi connectivity index (χ3v) is 9.45. The molecule has 7 rings (SSSR count). The van der Waals surface area contributed by atoms with Gasteiger partial charge in [-0.25, -0.2) is 9.78 Å². The van der Waals surface area contributed by atoms with Crippen LogP contribution in [0.2, 0.25) is 0 Å². The lowest BCUT2D eigenvalue weighted by Crippen LogP contribution is -2.37. The van der Waals surface area contributed by atoms with Crippen LogP contribution < -0.4 is 0 Å². The van der Waals surface area contributed by atoms with Crippen LogP contribution in [0.15, 0.2) is 91.0 Å². The highest BCUT2D eigenvalue weighted by molar-refractivity contribution is 7.21. The maximum Gasteiger partial charge on any atom is 0.345 e. The number of benzene rings is 3. The average Bonchev–Trinajstić information content (AvgIpc) is 3.60. The van der Waals surface area contributed by atoms with Crippen molar-refractivity contribution in [3.63, 3.8) is 0 Å². The second-order valence-corrected chi connectivity index (χ2v) is 12.3. The summed E-state index contributed by atoms with van der Waals surface area (Å²) in [6, 6.07) is 30.5. The molecule has 6 nitrogen and oxygen atoms in total. The summed E-state index contributed by atoms with van der Waals surface area (Å²) in [6.07, 6.45) is 3.17. The Morgan fingerprint density at radius 2 is 1.58 bits per heavy atom. The Kier molecular flexibility index (Phi) is 7.03. The van der Waals surface area contributed by atoms with Crippen molar-refractivity contribution in [2.75, 3.05) is 13.1 Å². The minimum atomic E-state index is -0.961. The van der Waals surface area contributed by atoms with Crippen molar-refractivity contribution >= 4 is 44.3 Å². The van der Waals surface area contributed by atoms with Crippen LogP contribution in [0.4, 0.5) is 0 Å². The molecule has 1 amide bonds. The number of aromatic carboxylic acids is 1. The van der Waals surface area contributed by atoms with Crippen LogP contribution >= 0.6 is 11.3 Å². The molecule has 3 aromatic heterocycles. The summed E-state index contributed by atoms with van der Waals surface area (Å²) in [5.74, 6) is -0.900. The quantitative estimate of drug-likeness (QED) is 0.213. The average molecular weight is 586 g/mol. The normalized spacial score (nSPS) is 13.6. The van der Waals surface area contributed by atoms with Crippen LogP contribution in [0.25, 0.3) is 54.8 Å². The fourth-order valence-electron chi connectivity index (χ4n) is 6.10. The number of aryl methyl sites for hydroxylation is 1. The van der Waals surface area contributed by atoms with E-state index in [2.05, 4.69) is 49.4 Å². The fourth-order valence-corrected chi connectivity index (χ4v) is 7.17. The van der Waals surface area contributed by atoms with E-state index in [9.17, 15) is 14.7 Å². The van der Waals surface area contributed by atoms with Gasteiger partial charge in [0, 0.05) is 29.6 Å². The number of carbonyl (C=O) groups excluding carboxylic acids is 1. The van der Waals surface area contributed by atoms with Crippen LogP contribution in [-0.4, -0.2) is 44.5 Å². The number of fused-ring (bicyclic) bond motifs is 2. The smallest absolute Gasteiger partial charge is 0.345 e. The molecule has 3 aromatic carbocycles. The Bertz CT molecular complexity index is 1980. The van der Waals surface area contributed by atoms with Gasteiger partial charge in [0.25, 0.3) is 0 Å². The minimum Gasteiger partial charge on any atom is -0.477 e. The first-order valence-corrected chi connectivity index (χ1v) is 15.5. The van der Waals surface area contributed by atoms with Crippen molar-refractivity contribution in [1.82, 2.24) is 14.5 Å². The number of thiophene rings is 1. The van der Waals surface area contributed by atoms with Gasteiger partial charge in [0.2, 0.25) is 5.91 Å². The predicted octanol–water partition coefficient (Wildman–Crippen LogP) is 8.27. The highest BCUT2D eigenvalue weighted by atomic mass is 32.1. The molecule has 43 heavy (non-hydrogen) atoms. The van der Waals surface area contributed by atoms with Crippen LogP contribution in [0.3, 0.4) is 0 Å². The number of carbonyl (C=O) groups is 2. The molecule has 7 heteroatoms. The van der Waals surface area contributed by atoms with Gasteiger partial charge in [0.05, 0.1) is 27.1 Å². The summed E-state index contributed by atoms with van der Waals surface area (Å²) in [7, 11) is 0. The molecule has 0 aliphatic carbocycles. The molecule has 214 valence electrons. The van der Waals surface area contributed by atoms with Gasteiger partial charge in [0.15, 0.2) is 0 Å². The van der Waals surface area contributed by atoms with Gasteiger partial charge < -0.3 is 14.6 Å². The lowest BCUT2D eigenvalue weighted by atomic mass is 9.99. The first-order chi connectivity index (χ1) is 21.0. The number of likely N-dealkylation sites (tertiary alicyclic amines) is 1. The summed E-state index contributed by atoms with van der Waals surface area (Å²) < 4.78 is 2.91. The first-order valence-electron chi connectivity index (χ1n) is 14.7. The zero-order valence-electron chi connectivity index (χ0n) is 23.9. The van der Waals surface area contributed by atoms with Gasteiger partial charge >= 0.3 is 5.97 Å². The molecular formula is C36H31N3O3S. The third kappa shape index (κ3) is 5.10. The molecule has 1 aliphatic rings. The monoisotopic (exact) mass is 585 g/mol. The third-order valence-electron chi connectivity index (χ3n) is 8.32. The van der Waals surface area contributed by atoms with Crippen molar-refractivity contribution in [1.29, 1.82) is 0 Å². The van der Waals surface area contributed by atoms with Crippen molar-refractivity contribution in [3.05, 3.63) is 101 Å². The Morgan fingerprint density at radius 1 is 0.837 bits per heavy atom. The molecule has 0 saturated carbocycles. The SMILES string of the molecule is Cc1ccc(-c2ccc3cc(-c4c(-c5ccccc5)c5sc(C(=O)O)cc5n4CC(=O)N4CCCCC4)ccc3n2)cc1. The minimum absolute atomic E-state index is 0.0609. The Morgan fingerprint density at radius 3 is 2.33 bits per heavy atom. The molecule has 1 N–H and O–H groups in total. The number of hydrogen-bond acceptors (Lipinski definition) is 4. The number of aromatic nitrogens is 2. The van der Waals surface area contributed by atoms with Crippen LogP contribution in [0.5, 0.6) is 0 Å². The van der Waals surface area contributed by atoms with Crippen molar-refractivity contribution < 1.29 is 14.7 Å². The van der Waals surface area contributed by atoms with E-state index in [1.165, 1.54) is 16.9 Å². The Balaban J connectivity index is 1.41. The molecule has 4 heterocycles.